The molecule has 1 aromatic carbocycles. The quantitative estimate of drug-likeness (QED) is 0.349. The number of amides is 1. The van der Waals surface area contributed by atoms with Crippen LogP contribution < -0.4 is 10.1 Å². The van der Waals surface area contributed by atoms with Crippen molar-refractivity contribution in [3.05, 3.63) is 61.7 Å². The van der Waals surface area contributed by atoms with E-state index in [1.54, 1.807) is 0 Å². The van der Waals surface area contributed by atoms with Gasteiger partial charge in [0.05, 0.1) is 27.7 Å². The minimum absolute atomic E-state index is 0.0159. The van der Waals surface area contributed by atoms with Gasteiger partial charge in [-0.3, -0.25) is 14.9 Å². The molecule has 0 aliphatic carbocycles. The summed E-state index contributed by atoms with van der Waals surface area (Å²) in [5.74, 6) is -0.681. The standard InChI is InChI=1S/C17H14Cl2F3N3O4/c18-13-4-3-11(25(27)28)8-12(13)15(26)23-5-1-2-6-29-16-14(19)7-10(9-24-16)17(20,21)22/h3-4,7-9H,1-2,5-6H2,(H,23,26). The second-order valence-corrected chi connectivity index (χ2v) is 6.56. The number of aromatic nitrogens is 1. The number of pyridine rings is 1. The lowest BCUT2D eigenvalue weighted by molar-refractivity contribution is -0.384. The van der Waals surface area contributed by atoms with Gasteiger partial charge in [-0.1, -0.05) is 23.2 Å². The molecule has 0 spiro atoms. The average molecular weight is 452 g/mol. The second kappa shape index (κ2) is 9.75. The molecule has 0 saturated heterocycles. The van der Waals surface area contributed by atoms with E-state index in [1.165, 1.54) is 12.1 Å². The van der Waals surface area contributed by atoms with Gasteiger partial charge in [-0.25, -0.2) is 4.98 Å². The zero-order chi connectivity index (χ0) is 21.6. The first-order valence-electron chi connectivity index (χ1n) is 8.17. The summed E-state index contributed by atoms with van der Waals surface area (Å²) in [6, 6.07) is 4.27. The zero-order valence-corrected chi connectivity index (χ0v) is 16.1. The normalized spacial score (nSPS) is 11.2. The minimum atomic E-state index is -4.55. The Morgan fingerprint density at radius 2 is 1.93 bits per heavy atom. The molecule has 0 radical (unpaired) electrons. The van der Waals surface area contributed by atoms with Crippen LogP contribution in [0.15, 0.2) is 30.5 Å². The highest BCUT2D eigenvalue weighted by Crippen LogP contribution is 2.33. The molecule has 2 rings (SSSR count). The number of alkyl halides is 3. The summed E-state index contributed by atoms with van der Waals surface area (Å²) < 4.78 is 42.9. The number of nitrogens with one attached hydrogen (secondary N) is 1. The summed E-state index contributed by atoms with van der Waals surface area (Å²) in [5, 5.41) is 13.2. The molecule has 29 heavy (non-hydrogen) atoms. The van der Waals surface area contributed by atoms with Crippen LogP contribution in [0.3, 0.4) is 0 Å². The molecular weight excluding hydrogens is 438 g/mol. The number of benzene rings is 1. The molecule has 0 saturated carbocycles. The van der Waals surface area contributed by atoms with Crippen molar-refractivity contribution in [1.29, 1.82) is 0 Å². The number of hydrogen-bond acceptors (Lipinski definition) is 5. The Morgan fingerprint density at radius 3 is 2.55 bits per heavy atom. The third-order valence-corrected chi connectivity index (χ3v) is 4.24. The number of ether oxygens (including phenoxy) is 1. The monoisotopic (exact) mass is 451 g/mol. The Balaban J connectivity index is 1.77. The van der Waals surface area contributed by atoms with E-state index in [1.807, 2.05) is 0 Å². The maximum atomic E-state index is 12.5. The Morgan fingerprint density at radius 1 is 1.21 bits per heavy atom. The number of nitrogens with zero attached hydrogens (tertiary/aromatic N) is 2. The Labute approximate surface area is 172 Å². The first kappa shape index (κ1) is 22.7. The lowest BCUT2D eigenvalue weighted by Crippen LogP contribution is -2.25. The SMILES string of the molecule is O=C(NCCCCOc1ncc(C(F)(F)F)cc1Cl)c1cc([N+](=O)[O-])ccc1Cl. The van der Waals surface area contributed by atoms with Gasteiger partial charge in [0.15, 0.2) is 0 Å². The summed E-state index contributed by atoms with van der Waals surface area (Å²) >= 11 is 11.6. The van der Waals surface area contributed by atoms with Crippen LogP contribution in [0.1, 0.15) is 28.8 Å². The largest absolute Gasteiger partial charge is 0.477 e. The number of nitro benzene ring substituents is 1. The molecule has 156 valence electrons. The fourth-order valence-electron chi connectivity index (χ4n) is 2.18. The van der Waals surface area contributed by atoms with Crippen LogP contribution in [0, 0.1) is 10.1 Å². The molecule has 0 atom stereocenters. The fourth-order valence-corrected chi connectivity index (χ4v) is 2.60. The smallest absolute Gasteiger partial charge is 0.417 e. The minimum Gasteiger partial charge on any atom is -0.477 e. The maximum absolute atomic E-state index is 12.5. The van der Waals surface area contributed by atoms with Crippen molar-refractivity contribution in [1.82, 2.24) is 10.3 Å². The Hall–Kier alpha value is -2.59. The van der Waals surface area contributed by atoms with Crippen LogP contribution in [-0.2, 0) is 6.18 Å². The van der Waals surface area contributed by atoms with Crippen LogP contribution in [0.2, 0.25) is 10.0 Å². The summed E-state index contributed by atoms with van der Waals surface area (Å²) in [6.45, 7) is 0.348. The second-order valence-electron chi connectivity index (χ2n) is 5.74. The summed E-state index contributed by atoms with van der Waals surface area (Å²) in [7, 11) is 0. The van der Waals surface area contributed by atoms with Gasteiger partial charge in [0.25, 0.3) is 11.6 Å². The molecule has 1 aromatic heterocycles. The van der Waals surface area contributed by atoms with Crippen LogP contribution >= 0.6 is 23.2 Å². The third kappa shape index (κ3) is 6.47. The molecule has 1 amide bonds. The topological polar surface area (TPSA) is 94.4 Å². The van der Waals surface area contributed by atoms with Crippen molar-refractivity contribution in [3.63, 3.8) is 0 Å². The van der Waals surface area contributed by atoms with E-state index in [0.717, 1.165) is 12.1 Å². The highest BCUT2D eigenvalue weighted by molar-refractivity contribution is 6.34. The number of unbranched alkanes of at least 4 members (excludes halogenated alkanes) is 1. The molecular formula is C17H14Cl2F3N3O4. The number of non-ortho nitro benzene ring substituents is 1. The Kier molecular flexibility index (Phi) is 7.63. The number of nitro groups is 1. The van der Waals surface area contributed by atoms with Crippen LogP contribution in [-0.4, -0.2) is 29.0 Å². The average Bonchev–Trinajstić information content (AvgIpc) is 2.64. The van der Waals surface area contributed by atoms with Crippen molar-refractivity contribution in [2.75, 3.05) is 13.2 Å². The number of hydrogen-bond donors (Lipinski definition) is 1. The Bertz CT molecular complexity index is 910. The van der Waals surface area contributed by atoms with E-state index in [0.29, 0.717) is 19.0 Å². The summed E-state index contributed by atoms with van der Waals surface area (Å²) in [5.41, 5.74) is -1.25. The molecule has 12 heteroatoms. The number of carbonyl (C=O) groups excluding carboxylic acids is 1. The van der Waals surface area contributed by atoms with Crippen molar-refractivity contribution < 1.29 is 27.6 Å². The van der Waals surface area contributed by atoms with Crippen LogP contribution in [0.25, 0.3) is 0 Å². The van der Waals surface area contributed by atoms with Crippen LogP contribution in [0.4, 0.5) is 18.9 Å². The van der Waals surface area contributed by atoms with Crippen molar-refractivity contribution in [3.8, 4) is 5.88 Å². The number of halogens is 5. The zero-order valence-electron chi connectivity index (χ0n) is 14.6. The van der Waals surface area contributed by atoms with Gasteiger partial charge in [-0.2, -0.15) is 13.2 Å². The predicted octanol–water partition coefficient (Wildman–Crippen LogP) is 4.90. The molecule has 0 bridgehead atoms. The summed E-state index contributed by atoms with van der Waals surface area (Å²) in [4.78, 5) is 25.8. The first-order chi connectivity index (χ1) is 13.6. The molecule has 1 heterocycles. The third-order valence-electron chi connectivity index (χ3n) is 3.64. The van der Waals surface area contributed by atoms with Gasteiger partial charge < -0.3 is 10.1 Å². The van der Waals surface area contributed by atoms with E-state index < -0.39 is 22.6 Å². The van der Waals surface area contributed by atoms with Crippen molar-refractivity contribution >= 4 is 34.8 Å². The van der Waals surface area contributed by atoms with Gasteiger partial charge in [-0.05, 0) is 25.0 Å². The molecule has 0 aliphatic rings. The summed E-state index contributed by atoms with van der Waals surface area (Å²) in [6.07, 6.45) is -3.00. The van der Waals surface area contributed by atoms with Gasteiger partial charge in [-0.15, -0.1) is 0 Å². The molecule has 0 fully saturated rings. The molecule has 0 unspecified atom stereocenters. The first-order valence-corrected chi connectivity index (χ1v) is 8.93. The maximum Gasteiger partial charge on any atom is 0.417 e. The molecule has 7 nitrogen and oxygen atoms in total. The van der Waals surface area contributed by atoms with Crippen LogP contribution in [0.5, 0.6) is 5.88 Å². The molecule has 2 aromatic rings. The van der Waals surface area contributed by atoms with E-state index in [9.17, 15) is 28.1 Å². The van der Waals surface area contributed by atoms with Gasteiger partial charge in [0, 0.05) is 24.9 Å². The molecule has 0 aliphatic heterocycles. The van der Waals surface area contributed by atoms with Crippen molar-refractivity contribution in [2.24, 2.45) is 0 Å². The highest BCUT2D eigenvalue weighted by atomic mass is 35.5. The highest BCUT2D eigenvalue weighted by Gasteiger charge is 2.31. The lowest BCUT2D eigenvalue weighted by atomic mass is 10.2. The fraction of sp³-hybridized carbons (Fsp3) is 0.294. The number of rotatable bonds is 8. The predicted molar refractivity (Wildman–Crippen MR) is 99.4 cm³/mol. The van der Waals surface area contributed by atoms with E-state index >= 15 is 0 Å². The lowest BCUT2D eigenvalue weighted by Gasteiger charge is -2.10. The van der Waals surface area contributed by atoms with Gasteiger partial charge in [0.1, 0.15) is 5.02 Å². The van der Waals surface area contributed by atoms with E-state index in [2.05, 4.69) is 10.3 Å². The molecule has 1 N–H and O–H groups in total. The van der Waals surface area contributed by atoms with E-state index in [4.69, 9.17) is 27.9 Å². The van der Waals surface area contributed by atoms with E-state index in [-0.39, 0.29) is 40.3 Å². The van der Waals surface area contributed by atoms with Crippen molar-refractivity contribution in [2.45, 2.75) is 19.0 Å². The van der Waals surface area contributed by atoms with Gasteiger partial charge in [0.2, 0.25) is 5.88 Å². The number of carbonyl (C=O) groups is 1. The van der Waals surface area contributed by atoms with Gasteiger partial charge >= 0.3 is 6.18 Å².